The zero-order valence-electron chi connectivity index (χ0n) is 15.6. The van der Waals surface area contributed by atoms with Crippen molar-refractivity contribution >= 4 is 0 Å². The largest absolute Gasteiger partial charge is 0.507 e. The molecule has 0 heterocycles. The highest BCUT2D eigenvalue weighted by molar-refractivity contribution is 5.58. The van der Waals surface area contributed by atoms with Crippen LogP contribution in [0.1, 0.15) is 33.4 Å². The smallest absolute Gasteiger partial charge is 0.411 e. The summed E-state index contributed by atoms with van der Waals surface area (Å²) in [5.74, 6) is -2.33. The van der Waals surface area contributed by atoms with Crippen LogP contribution in [0.2, 0.25) is 0 Å². The molecule has 2 rings (SSSR count). The minimum atomic E-state index is -6.14. The van der Waals surface area contributed by atoms with E-state index in [-0.39, 0.29) is 0 Å². The third-order valence-corrected chi connectivity index (χ3v) is 5.05. The van der Waals surface area contributed by atoms with Crippen molar-refractivity contribution < 1.29 is 57.0 Å². The molecule has 6 N–H and O–H groups in total. The monoisotopic (exact) mass is 456 g/mol. The molecule has 0 saturated carbocycles. The Balaban J connectivity index is 3.17. The van der Waals surface area contributed by atoms with Gasteiger partial charge < -0.3 is 30.6 Å². The molecular formula is C19H18F6O6. The van der Waals surface area contributed by atoms with Crippen LogP contribution in [0.3, 0.4) is 0 Å². The molecule has 0 aliphatic carbocycles. The Labute approximate surface area is 171 Å². The van der Waals surface area contributed by atoms with E-state index in [1.807, 2.05) is 0 Å². The molecule has 0 spiro atoms. The summed E-state index contributed by atoms with van der Waals surface area (Å²) in [6.45, 7) is -4.76. The number of phenols is 2. The maximum absolute atomic E-state index is 14.4. The van der Waals surface area contributed by atoms with Crippen LogP contribution < -0.4 is 0 Å². The third kappa shape index (κ3) is 3.69. The fourth-order valence-electron chi connectivity index (χ4n) is 3.56. The summed E-state index contributed by atoms with van der Waals surface area (Å²) < 4.78 is 86.1. The predicted molar refractivity (Wildman–Crippen MR) is 92.8 cm³/mol. The zero-order chi connectivity index (χ0) is 23.8. The Morgan fingerprint density at radius 1 is 0.548 bits per heavy atom. The Kier molecular flexibility index (Phi) is 6.81. The van der Waals surface area contributed by atoms with Crippen molar-refractivity contribution in [2.75, 3.05) is 0 Å². The molecule has 0 aliphatic rings. The van der Waals surface area contributed by atoms with E-state index in [2.05, 4.69) is 0 Å². The van der Waals surface area contributed by atoms with E-state index >= 15 is 0 Å². The number of aliphatic hydroxyl groups is 4. The number of rotatable bonds is 6. The quantitative estimate of drug-likeness (QED) is 0.372. The summed E-state index contributed by atoms with van der Waals surface area (Å²) >= 11 is 0. The minimum absolute atomic E-state index is 0.357. The summed E-state index contributed by atoms with van der Waals surface area (Å²) in [6.07, 6.45) is -12.3. The molecule has 31 heavy (non-hydrogen) atoms. The van der Waals surface area contributed by atoms with Crippen LogP contribution in [-0.4, -0.2) is 43.0 Å². The van der Waals surface area contributed by atoms with Gasteiger partial charge in [0.2, 0.25) is 5.41 Å². The minimum Gasteiger partial charge on any atom is -0.507 e. The van der Waals surface area contributed by atoms with Gasteiger partial charge in [-0.2, -0.15) is 26.3 Å². The molecule has 0 saturated heterocycles. The van der Waals surface area contributed by atoms with E-state index in [1.54, 1.807) is 0 Å². The van der Waals surface area contributed by atoms with Crippen molar-refractivity contribution in [3.63, 3.8) is 0 Å². The standard InChI is InChI=1S/C19H18F6O6/c20-18(21,22)17(19(23,24)25,13-3-1-9(5-26)15(30)11(13)7-28)14-4-2-10(6-27)16(31)12(14)8-29/h1-4,26-31H,5-8H2. The van der Waals surface area contributed by atoms with Crippen molar-refractivity contribution in [1.29, 1.82) is 0 Å². The Morgan fingerprint density at radius 3 is 1.10 bits per heavy atom. The molecule has 0 aromatic heterocycles. The van der Waals surface area contributed by atoms with Gasteiger partial charge in [0.25, 0.3) is 0 Å². The van der Waals surface area contributed by atoms with Crippen LogP contribution >= 0.6 is 0 Å². The molecule has 0 unspecified atom stereocenters. The molecule has 2 aromatic carbocycles. The van der Waals surface area contributed by atoms with Gasteiger partial charge in [0.05, 0.1) is 26.4 Å². The number of aromatic hydroxyl groups is 2. The van der Waals surface area contributed by atoms with Crippen molar-refractivity contribution in [2.24, 2.45) is 0 Å². The lowest BCUT2D eigenvalue weighted by atomic mass is 9.69. The van der Waals surface area contributed by atoms with E-state index in [4.69, 9.17) is 10.2 Å². The van der Waals surface area contributed by atoms with E-state index in [9.17, 15) is 46.8 Å². The lowest BCUT2D eigenvalue weighted by molar-refractivity contribution is -0.289. The van der Waals surface area contributed by atoms with Crippen molar-refractivity contribution in [2.45, 2.75) is 44.2 Å². The van der Waals surface area contributed by atoms with Crippen molar-refractivity contribution in [3.05, 3.63) is 57.6 Å². The number of alkyl halides is 6. The van der Waals surface area contributed by atoms with Crippen LogP contribution in [0.25, 0.3) is 0 Å². The second-order valence-electron chi connectivity index (χ2n) is 6.58. The second-order valence-corrected chi connectivity index (χ2v) is 6.58. The molecule has 172 valence electrons. The van der Waals surface area contributed by atoms with Gasteiger partial charge in [0.1, 0.15) is 11.5 Å². The summed E-state index contributed by atoms with van der Waals surface area (Å²) in [6, 6.07) is 1.99. The number of hydrogen-bond donors (Lipinski definition) is 6. The number of aliphatic hydroxyl groups excluding tert-OH is 4. The first kappa shape index (κ1) is 24.7. The fourth-order valence-corrected chi connectivity index (χ4v) is 3.56. The molecule has 0 radical (unpaired) electrons. The Bertz CT molecular complexity index is 877. The van der Waals surface area contributed by atoms with E-state index < -0.39 is 89.1 Å². The highest BCUT2D eigenvalue weighted by atomic mass is 19.4. The lowest BCUT2D eigenvalue weighted by Crippen LogP contribution is -2.55. The lowest BCUT2D eigenvalue weighted by Gasteiger charge is -2.40. The zero-order valence-corrected chi connectivity index (χ0v) is 15.6. The summed E-state index contributed by atoms with van der Waals surface area (Å²) in [5, 5.41) is 57.5. The molecule has 0 bridgehead atoms. The summed E-state index contributed by atoms with van der Waals surface area (Å²) in [5.41, 5.74) is -11.2. The first-order valence-electron chi connectivity index (χ1n) is 8.58. The predicted octanol–water partition coefficient (Wildman–Crippen LogP) is 2.48. The second kappa shape index (κ2) is 8.54. The summed E-state index contributed by atoms with van der Waals surface area (Å²) in [7, 11) is 0. The van der Waals surface area contributed by atoms with Crippen LogP contribution in [0.5, 0.6) is 11.5 Å². The van der Waals surface area contributed by atoms with Crippen molar-refractivity contribution in [3.8, 4) is 11.5 Å². The fraction of sp³-hybridized carbons (Fsp3) is 0.368. The molecule has 12 heteroatoms. The molecule has 2 aromatic rings. The molecule has 0 aliphatic heterocycles. The van der Waals surface area contributed by atoms with Crippen LogP contribution in [0.4, 0.5) is 26.3 Å². The van der Waals surface area contributed by atoms with Crippen LogP contribution in [-0.2, 0) is 31.8 Å². The van der Waals surface area contributed by atoms with Gasteiger partial charge in [-0.15, -0.1) is 0 Å². The van der Waals surface area contributed by atoms with Gasteiger partial charge in [-0.1, -0.05) is 24.3 Å². The van der Waals surface area contributed by atoms with Gasteiger partial charge in [0.15, 0.2) is 0 Å². The first-order chi connectivity index (χ1) is 14.3. The molecule has 0 atom stereocenters. The number of halogens is 6. The van der Waals surface area contributed by atoms with E-state index in [1.165, 1.54) is 0 Å². The average molecular weight is 456 g/mol. The van der Waals surface area contributed by atoms with Gasteiger partial charge in [-0.25, -0.2) is 0 Å². The maximum atomic E-state index is 14.4. The average Bonchev–Trinajstić information content (AvgIpc) is 2.67. The topological polar surface area (TPSA) is 121 Å². The van der Waals surface area contributed by atoms with E-state index in [0.717, 1.165) is 0 Å². The first-order valence-corrected chi connectivity index (χ1v) is 8.58. The number of hydrogen-bond acceptors (Lipinski definition) is 6. The van der Waals surface area contributed by atoms with Crippen molar-refractivity contribution in [1.82, 2.24) is 0 Å². The molecule has 0 amide bonds. The highest BCUT2D eigenvalue weighted by Gasteiger charge is 2.73. The number of benzene rings is 2. The van der Waals surface area contributed by atoms with Gasteiger partial charge in [-0.3, -0.25) is 0 Å². The molecule has 0 fully saturated rings. The van der Waals surface area contributed by atoms with Gasteiger partial charge in [0, 0.05) is 22.3 Å². The summed E-state index contributed by atoms with van der Waals surface area (Å²) in [4.78, 5) is 0. The van der Waals surface area contributed by atoms with Gasteiger partial charge >= 0.3 is 12.4 Å². The third-order valence-electron chi connectivity index (χ3n) is 5.05. The highest BCUT2D eigenvalue weighted by Crippen LogP contribution is 2.59. The normalized spacial score (nSPS) is 13.0. The van der Waals surface area contributed by atoms with Crippen LogP contribution in [0, 0.1) is 0 Å². The molecule has 6 nitrogen and oxygen atoms in total. The Morgan fingerprint density at radius 2 is 0.871 bits per heavy atom. The molecular weight excluding hydrogens is 438 g/mol. The van der Waals surface area contributed by atoms with Gasteiger partial charge in [-0.05, 0) is 11.1 Å². The Hall–Kier alpha value is -2.54. The maximum Gasteiger partial charge on any atom is 0.411 e. The van der Waals surface area contributed by atoms with E-state index in [0.29, 0.717) is 24.3 Å². The van der Waals surface area contributed by atoms with Crippen LogP contribution in [0.15, 0.2) is 24.3 Å². The SMILES string of the molecule is OCc1ccc(C(c2ccc(CO)c(O)c2CO)(C(F)(F)F)C(F)(F)F)c(CO)c1O.